The second-order valence-electron chi connectivity index (χ2n) is 16.9. The van der Waals surface area contributed by atoms with Crippen LogP contribution >= 0.6 is 0 Å². The molecule has 2 aliphatic rings. The van der Waals surface area contributed by atoms with Crippen LogP contribution in [0.1, 0.15) is 54.7 Å². The SMILES string of the molecule is CC(=O)N[C@@H]1[C@H](O[C@H]2[C@H](OCc3ccccc3)[C@@H](OCc3ccccc3)[C@H](O)O[C@@H]2COCc2ccccc2)O[C@H](COC(=O)c2ccccc2)[C@@H](OC(=O)c2ccccc2)[C@@H]1OC(=O)c1ccccc1. The minimum atomic E-state index is -1.60. The molecule has 368 valence electrons. The van der Waals surface area contributed by atoms with Crippen molar-refractivity contribution in [1.29, 1.82) is 0 Å². The molecule has 2 fully saturated rings. The van der Waals surface area contributed by atoms with Gasteiger partial charge in [-0.3, -0.25) is 4.79 Å². The van der Waals surface area contributed by atoms with Crippen molar-refractivity contribution in [2.24, 2.45) is 0 Å². The number of aliphatic hydroxyl groups excluding tert-OH is 1. The lowest BCUT2D eigenvalue weighted by Crippen LogP contribution is -2.69. The first-order chi connectivity index (χ1) is 34.7. The molecule has 6 aromatic rings. The highest BCUT2D eigenvalue weighted by molar-refractivity contribution is 5.91. The summed E-state index contributed by atoms with van der Waals surface area (Å²) in [7, 11) is 0. The summed E-state index contributed by atoms with van der Waals surface area (Å²) in [5, 5.41) is 14.7. The van der Waals surface area contributed by atoms with E-state index in [4.69, 9.17) is 42.6 Å². The van der Waals surface area contributed by atoms with Crippen molar-refractivity contribution in [2.45, 2.75) is 88.1 Å². The number of benzene rings is 6. The smallest absolute Gasteiger partial charge is 0.338 e. The van der Waals surface area contributed by atoms with E-state index in [2.05, 4.69) is 5.32 Å². The molecule has 0 aromatic heterocycles. The molecule has 6 aromatic carbocycles. The summed E-state index contributed by atoms with van der Waals surface area (Å²) in [4.78, 5) is 55.1. The van der Waals surface area contributed by atoms with E-state index in [1.54, 1.807) is 91.0 Å². The Labute approximate surface area is 411 Å². The molecule has 0 unspecified atom stereocenters. The summed E-state index contributed by atoms with van der Waals surface area (Å²) in [5.74, 6) is -2.96. The minimum absolute atomic E-state index is 0.0361. The van der Waals surface area contributed by atoms with E-state index in [1.807, 2.05) is 91.0 Å². The van der Waals surface area contributed by atoms with Crippen LogP contribution in [0.2, 0.25) is 0 Å². The van der Waals surface area contributed by atoms with Crippen LogP contribution in [0.5, 0.6) is 0 Å². The zero-order valence-corrected chi connectivity index (χ0v) is 38.9. The summed E-state index contributed by atoms with van der Waals surface area (Å²) < 4.78 is 57.9. The molecule has 8 rings (SSSR count). The molecule has 71 heavy (non-hydrogen) atoms. The maximum Gasteiger partial charge on any atom is 0.338 e. The van der Waals surface area contributed by atoms with Gasteiger partial charge in [0.05, 0.1) is 43.1 Å². The Morgan fingerprint density at radius 1 is 0.479 bits per heavy atom. The van der Waals surface area contributed by atoms with E-state index < -0.39 is 91.8 Å². The van der Waals surface area contributed by atoms with E-state index in [9.17, 15) is 24.3 Å². The standard InChI is InChI=1S/C56H55NO14/c1-37(58)57-46-49(70-54(61)43-30-18-7-19-31-43)47(69-53(60)42-28-16-6-17-29-42)45(36-66-52(59)41-26-14-5-15-27-41)68-56(46)71-48-44(35-63-32-38-20-8-2-9-21-38)67-55(62)51(65-34-40-24-12-4-13-25-40)50(48)64-33-39-22-10-3-11-23-39/h2-31,44-51,55-56,62H,32-36H2,1H3,(H,57,58)/t44-,45-,46+,47-,48-,49-,50+,51-,55-,56+/m1/s1. The van der Waals surface area contributed by atoms with Crippen molar-refractivity contribution in [3.8, 4) is 0 Å². The van der Waals surface area contributed by atoms with Crippen LogP contribution in [0.15, 0.2) is 182 Å². The quantitative estimate of drug-likeness (QED) is 0.0588. The zero-order valence-electron chi connectivity index (χ0n) is 38.9. The fourth-order valence-corrected chi connectivity index (χ4v) is 8.29. The minimum Gasteiger partial charge on any atom is -0.459 e. The summed E-state index contributed by atoms with van der Waals surface area (Å²) in [5.41, 5.74) is 3.01. The van der Waals surface area contributed by atoms with Crippen LogP contribution in [-0.4, -0.2) is 103 Å². The Bertz CT molecular complexity index is 2590. The van der Waals surface area contributed by atoms with Gasteiger partial charge in [-0.05, 0) is 53.1 Å². The largest absolute Gasteiger partial charge is 0.459 e. The van der Waals surface area contributed by atoms with Crippen molar-refractivity contribution < 1.29 is 66.9 Å². The van der Waals surface area contributed by atoms with Gasteiger partial charge < -0.3 is 53.1 Å². The third-order valence-corrected chi connectivity index (χ3v) is 11.8. The Morgan fingerprint density at radius 2 is 0.901 bits per heavy atom. The third-order valence-electron chi connectivity index (χ3n) is 11.8. The lowest BCUT2D eigenvalue weighted by molar-refractivity contribution is -0.352. The van der Waals surface area contributed by atoms with Crippen molar-refractivity contribution in [2.75, 3.05) is 13.2 Å². The number of hydrogen-bond acceptors (Lipinski definition) is 14. The molecular formula is C56H55NO14. The van der Waals surface area contributed by atoms with Crippen LogP contribution in [0.3, 0.4) is 0 Å². The number of esters is 3. The van der Waals surface area contributed by atoms with Gasteiger partial charge in [-0.1, -0.05) is 146 Å². The zero-order chi connectivity index (χ0) is 49.4. The highest BCUT2D eigenvalue weighted by Crippen LogP contribution is 2.35. The van der Waals surface area contributed by atoms with Crippen LogP contribution in [0.4, 0.5) is 0 Å². The molecule has 1 amide bonds. The van der Waals surface area contributed by atoms with Gasteiger partial charge in [-0.15, -0.1) is 0 Å². The second-order valence-corrected chi connectivity index (χ2v) is 16.9. The van der Waals surface area contributed by atoms with Crippen molar-refractivity contribution in [1.82, 2.24) is 5.32 Å². The van der Waals surface area contributed by atoms with Gasteiger partial charge in [0.25, 0.3) is 0 Å². The summed E-state index contributed by atoms with van der Waals surface area (Å²) >= 11 is 0. The van der Waals surface area contributed by atoms with E-state index >= 15 is 0 Å². The fourth-order valence-electron chi connectivity index (χ4n) is 8.29. The van der Waals surface area contributed by atoms with Gasteiger partial charge in [-0.25, -0.2) is 14.4 Å². The van der Waals surface area contributed by atoms with Gasteiger partial charge in [0.2, 0.25) is 5.91 Å². The number of aliphatic hydroxyl groups is 1. The molecule has 15 nitrogen and oxygen atoms in total. The number of hydrogen-bond donors (Lipinski definition) is 2. The molecule has 0 spiro atoms. The predicted molar refractivity (Wildman–Crippen MR) is 256 cm³/mol. The van der Waals surface area contributed by atoms with Crippen LogP contribution < -0.4 is 5.32 Å². The van der Waals surface area contributed by atoms with Crippen LogP contribution in [0.25, 0.3) is 0 Å². The number of carbonyl (C=O) groups is 4. The first-order valence-corrected chi connectivity index (χ1v) is 23.3. The molecule has 0 aliphatic carbocycles. The lowest BCUT2D eigenvalue weighted by atomic mass is 9.94. The number of amides is 1. The normalized spacial score (nSPS) is 24.0. The summed E-state index contributed by atoms with van der Waals surface area (Å²) in [6, 6.07) is 51.3. The highest BCUT2D eigenvalue weighted by atomic mass is 16.7. The molecule has 2 saturated heterocycles. The van der Waals surface area contributed by atoms with Crippen molar-refractivity contribution in [3.63, 3.8) is 0 Å². The van der Waals surface area contributed by atoms with Gasteiger partial charge in [0.1, 0.15) is 43.2 Å². The number of ether oxygens (including phenoxy) is 9. The molecule has 2 aliphatic heterocycles. The highest BCUT2D eigenvalue weighted by Gasteiger charge is 2.56. The Morgan fingerprint density at radius 3 is 1.39 bits per heavy atom. The topological polar surface area (TPSA) is 184 Å². The predicted octanol–water partition coefficient (Wildman–Crippen LogP) is 7.01. The Hall–Kier alpha value is -7.08. The van der Waals surface area contributed by atoms with Gasteiger partial charge >= 0.3 is 17.9 Å². The van der Waals surface area contributed by atoms with E-state index in [-0.39, 0.29) is 43.1 Å². The molecule has 2 N–H and O–H groups in total. The number of carbonyl (C=O) groups excluding carboxylic acids is 4. The molecular weight excluding hydrogens is 911 g/mol. The second kappa shape index (κ2) is 25.2. The maximum absolute atomic E-state index is 14.2. The van der Waals surface area contributed by atoms with Gasteiger partial charge in [0.15, 0.2) is 24.8 Å². The summed E-state index contributed by atoms with van der Waals surface area (Å²) in [6.07, 6.45) is -12.3. The lowest BCUT2D eigenvalue weighted by Gasteiger charge is -2.49. The van der Waals surface area contributed by atoms with Crippen molar-refractivity contribution >= 4 is 23.8 Å². The molecule has 2 heterocycles. The van der Waals surface area contributed by atoms with Crippen LogP contribution in [0, 0.1) is 0 Å². The van der Waals surface area contributed by atoms with E-state index in [0.717, 1.165) is 16.7 Å². The molecule has 0 saturated carbocycles. The Balaban J connectivity index is 1.20. The number of nitrogens with one attached hydrogen (secondary N) is 1. The average molecular weight is 966 g/mol. The van der Waals surface area contributed by atoms with Gasteiger partial charge in [-0.2, -0.15) is 0 Å². The van der Waals surface area contributed by atoms with E-state index in [0.29, 0.717) is 0 Å². The number of rotatable bonds is 20. The molecule has 15 heteroatoms. The first kappa shape index (κ1) is 50.3. The maximum atomic E-state index is 14.2. The monoisotopic (exact) mass is 965 g/mol. The average Bonchev–Trinajstić information content (AvgIpc) is 3.40. The van der Waals surface area contributed by atoms with Crippen LogP contribution in [-0.2, 0) is 67.2 Å². The molecule has 10 atom stereocenters. The third kappa shape index (κ3) is 13.8. The molecule has 0 radical (unpaired) electrons. The summed E-state index contributed by atoms with van der Waals surface area (Å²) in [6.45, 7) is 0.815. The van der Waals surface area contributed by atoms with Crippen molar-refractivity contribution in [3.05, 3.63) is 215 Å². The molecule has 0 bridgehead atoms. The first-order valence-electron chi connectivity index (χ1n) is 23.3. The van der Waals surface area contributed by atoms with Gasteiger partial charge in [0, 0.05) is 6.92 Å². The van der Waals surface area contributed by atoms with E-state index in [1.165, 1.54) is 6.92 Å². The fraction of sp³-hybridized carbons (Fsp3) is 0.286. The Kier molecular flexibility index (Phi) is 17.8.